The van der Waals surface area contributed by atoms with E-state index in [-0.39, 0.29) is 6.67 Å². The lowest BCUT2D eigenvalue weighted by Gasteiger charge is -2.38. The molecule has 0 bridgehead atoms. The lowest BCUT2D eigenvalue weighted by atomic mass is 9.68. The minimum absolute atomic E-state index is 0.184. The second-order valence-electron chi connectivity index (χ2n) is 11.8. The SMILES string of the molecule is CCCC1CCC(C2CCC(CCc3ccc(-c4ccc(CCCCCF)cc4)cc3)CC2)CC1. The fraction of sp³-hybridized carbons (Fsp3) is 0.647. The molecule has 2 aromatic rings. The zero-order chi connectivity index (χ0) is 24.3. The Morgan fingerprint density at radius 1 is 0.571 bits per heavy atom. The fourth-order valence-corrected chi connectivity index (χ4v) is 7.00. The monoisotopic (exact) mass is 476 g/mol. The van der Waals surface area contributed by atoms with Crippen LogP contribution in [-0.4, -0.2) is 6.67 Å². The molecule has 0 nitrogen and oxygen atoms in total. The van der Waals surface area contributed by atoms with Crippen LogP contribution in [0.1, 0.15) is 108 Å². The van der Waals surface area contributed by atoms with Gasteiger partial charge in [-0.15, -0.1) is 0 Å². The number of hydrogen-bond donors (Lipinski definition) is 0. The Kier molecular flexibility index (Phi) is 10.7. The molecular weight excluding hydrogens is 427 g/mol. The molecule has 2 aliphatic carbocycles. The number of benzene rings is 2. The first-order valence-electron chi connectivity index (χ1n) is 15.0. The van der Waals surface area contributed by atoms with E-state index >= 15 is 0 Å². The summed E-state index contributed by atoms with van der Waals surface area (Å²) >= 11 is 0. The van der Waals surface area contributed by atoms with Crippen LogP contribution >= 0.6 is 0 Å². The van der Waals surface area contributed by atoms with Gasteiger partial charge < -0.3 is 0 Å². The average Bonchev–Trinajstić information content (AvgIpc) is 2.92. The first-order chi connectivity index (χ1) is 17.2. The average molecular weight is 477 g/mol. The zero-order valence-electron chi connectivity index (χ0n) is 22.3. The predicted octanol–water partition coefficient (Wildman–Crippen LogP) is 10.4. The molecule has 2 aliphatic rings. The van der Waals surface area contributed by atoms with Crippen molar-refractivity contribution in [1.29, 1.82) is 0 Å². The van der Waals surface area contributed by atoms with E-state index in [1.807, 2.05) is 0 Å². The van der Waals surface area contributed by atoms with Crippen molar-refractivity contribution in [1.82, 2.24) is 0 Å². The molecule has 2 saturated carbocycles. The third-order valence-corrected chi connectivity index (χ3v) is 9.33. The van der Waals surface area contributed by atoms with Crippen LogP contribution < -0.4 is 0 Å². The molecule has 35 heavy (non-hydrogen) atoms. The Bertz CT molecular complexity index is 820. The Morgan fingerprint density at radius 2 is 1.06 bits per heavy atom. The highest BCUT2D eigenvalue weighted by Gasteiger charge is 2.30. The molecule has 0 heterocycles. The lowest BCUT2D eigenvalue weighted by molar-refractivity contribution is 0.141. The van der Waals surface area contributed by atoms with E-state index in [0.29, 0.717) is 6.42 Å². The summed E-state index contributed by atoms with van der Waals surface area (Å²) in [4.78, 5) is 0. The minimum Gasteiger partial charge on any atom is -0.251 e. The molecule has 0 spiro atoms. The molecular formula is C34H49F. The zero-order valence-corrected chi connectivity index (χ0v) is 22.3. The molecule has 192 valence electrons. The summed E-state index contributed by atoms with van der Waals surface area (Å²) in [6, 6.07) is 18.3. The number of unbranched alkanes of at least 4 members (excludes halogenated alkanes) is 2. The second-order valence-corrected chi connectivity index (χ2v) is 11.8. The van der Waals surface area contributed by atoms with Crippen LogP contribution in [-0.2, 0) is 12.8 Å². The van der Waals surface area contributed by atoms with Crippen LogP contribution in [0.3, 0.4) is 0 Å². The van der Waals surface area contributed by atoms with Crippen molar-refractivity contribution in [3.8, 4) is 11.1 Å². The molecule has 0 amide bonds. The first-order valence-corrected chi connectivity index (χ1v) is 15.0. The standard InChI is InChI=1S/C34H49F/c1-2-6-27-10-18-31(19-11-27)33-22-14-29(15-23-33)8-9-30-16-24-34(25-17-30)32-20-12-28(13-21-32)7-4-3-5-26-35/h12-13,16-17,20-21,24-25,27,29,31,33H,2-11,14-15,18-19,22-23,26H2,1H3. The smallest absolute Gasteiger partial charge is 0.0894 e. The molecule has 2 fully saturated rings. The molecule has 0 aliphatic heterocycles. The van der Waals surface area contributed by atoms with Crippen molar-refractivity contribution in [3.63, 3.8) is 0 Å². The highest BCUT2D eigenvalue weighted by atomic mass is 19.1. The van der Waals surface area contributed by atoms with Gasteiger partial charge >= 0.3 is 0 Å². The number of hydrogen-bond acceptors (Lipinski definition) is 0. The third kappa shape index (κ3) is 8.19. The molecule has 0 aromatic heterocycles. The van der Waals surface area contributed by atoms with Crippen molar-refractivity contribution in [3.05, 3.63) is 59.7 Å². The number of alkyl halides is 1. The summed E-state index contributed by atoms with van der Waals surface area (Å²) < 4.78 is 12.2. The number of halogens is 1. The highest BCUT2D eigenvalue weighted by Crippen LogP contribution is 2.43. The van der Waals surface area contributed by atoms with Crippen molar-refractivity contribution < 1.29 is 4.39 Å². The van der Waals surface area contributed by atoms with Gasteiger partial charge in [-0.2, -0.15) is 0 Å². The van der Waals surface area contributed by atoms with Gasteiger partial charge in [0.15, 0.2) is 0 Å². The summed E-state index contributed by atoms with van der Waals surface area (Å²) in [5.74, 6) is 4.07. The number of aryl methyl sites for hydroxylation is 2. The van der Waals surface area contributed by atoms with Gasteiger partial charge in [0.05, 0.1) is 6.67 Å². The molecule has 0 radical (unpaired) electrons. The Balaban J connectivity index is 1.16. The molecule has 0 atom stereocenters. The molecule has 4 rings (SSSR count). The van der Waals surface area contributed by atoms with Gasteiger partial charge in [0.1, 0.15) is 0 Å². The van der Waals surface area contributed by atoms with Crippen molar-refractivity contribution in [2.75, 3.05) is 6.67 Å². The summed E-state index contributed by atoms with van der Waals surface area (Å²) in [5.41, 5.74) is 5.47. The van der Waals surface area contributed by atoms with Gasteiger partial charge in [-0.25, -0.2) is 0 Å². The van der Waals surface area contributed by atoms with Gasteiger partial charge in [0.25, 0.3) is 0 Å². The topological polar surface area (TPSA) is 0 Å². The second kappa shape index (κ2) is 14.2. The van der Waals surface area contributed by atoms with Crippen LogP contribution in [0, 0.1) is 23.7 Å². The van der Waals surface area contributed by atoms with E-state index in [0.717, 1.165) is 42.9 Å². The van der Waals surface area contributed by atoms with Gasteiger partial charge in [0, 0.05) is 0 Å². The van der Waals surface area contributed by atoms with Crippen molar-refractivity contribution in [2.45, 2.75) is 110 Å². The van der Waals surface area contributed by atoms with Crippen molar-refractivity contribution >= 4 is 0 Å². The maximum absolute atomic E-state index is 12.2. The largest absolute Gasteiger partial charge is 0.251 e. The highest BCUT2D eigenvalue weighted by molar-refractivity contribution is 5.64. The Morgan fingerprint density at radius 3 is 1.54 bits per heavy atom. The maximum Gasteiger partial charge on any atom is 0.0894 e. The van der Waals surface area contributed by atoms with E-state index in [4.69, 9.17) is 0 Å². The maximum atomic E-state index is 12.2. The van der Waals surface area contributed by atoms with Gasteiger partial charge in [-0.05, 0) is 104 Å². The van der Waals surface area contributed by atoms with Crippen molar-refractivity contribution in [2.24, 2.45) is 23.7 Å². The summed E-state index contributed by atoms with van der Waals surface area (Å²) in [6.45, 7) is 2.16. The first kappa shape index (κ1) is 26.4. The van der Waals surface area contributed by atoms with Crippen LogP contribution in [0.5, 0.6) is 0 Å². The van der Waals surface area contributed by atoms with Crippen LogP contribution in [0.4, 0.5) is 4.39 Å². The van der Waals surface area contributed by atoms with E-state index < -0.39 is 0 Å². The van der Waals surface area contributed by atoms with E-state index in [2.05, 4.69) is 55.5 Å². The van der Waals surface area contributed by atoms with E-state index in [1.165, 1.54) is 99.3 Å². The molecule has 0 N–H and O–H groups in total. The van der Waals surface area contributed by atoms with E-state index in [1.54, 1.807) is 0 Å². The Hall–Kier alpha value is -1.63. The van der Waals surface area contributed by atoms with Gasteiger partial charge in [0.2, 0.25) is 0 Å². The minimum atomic E-state index is -0.184. The number of rotatable bonds is 12. The Labute approximate surface area is 215 Å². The quantitative estimate of drug-likeness (QED) is 0.267. The fourth-order valence-electron chi connectivity index (χ4n) is 7.00. The molecule has 0 saturated heterocycles. The van der Waals surface area contributed by atoms with Gasteiger partial charge in [-0.3, -0.25) is 4.39 Å². The van der Waals surface area contributed by atoms with Crippen LogP contribution in [0.15, 0.2) is 48.5 Å². The van der Waals surface area contributed by atoms with Crippen LogP contribution in [0.2, 0.25) is 0 Å². The molecule has 1 heteroatoms. The van der Waals surface area contributed by atoms with Gasteiger partial charge in [-0.1, -0.05) is 100 Å². The van der Waals surface area contributed by atoms with E-state index in [9.17, 15) is 4.39 Å². The van der Waals surface area contributed by atoms with Crippen LogP contribution in [0.25, 0.3) is 11.1 Å². The predicted molar refractivity (Wildman–Crippen MR) is 150 cm³/mol. The lowest BCUT2D eigenvalue weighted by Crippen LogP contribution is -2.26. The summed E-state index contributed by atoms with van der Waals surface area (Å²) in [6.07, 6.45) is 21.3. The molecule has 0 unspecified atom stereocenters. The summed E-state index contributed by atoms with van der Waals surface area (Å²) in [7, 11) is 0. The third-order valence-electron chi connectivity index (χ3n) is 9.33. The summed E-state index contributed by atoms with van der Waals surface area (Å²) in [5, 5.41) is 0. The normalized spacial score (nSPS) is 25.0. The molecule has 2 aromatic carbocycles.